The van der Waals surface area contributed by atoms with Gasteiger partial charge < -0.3 is 5.32 Å². The van der Waals surface area contributed by atoms with Crippen molar-refractivity contribution in [2.45, 2.75) is 13.5 Å². The first-order chi connectivity index (χ1) is 9.65. The lowest BCUT2D eigenvalue weighted by Gasteiger charge is -2.07. The van der Waals surface area contributed by atoms with Gasteiger partial charge in [-0.05, 0) is 19.1 Å². The zero-order valence-electron chi connectivity index (χ0n) is 10.7. The third-order valence-corrected chi connectivity index (χ3v) is 3.86. The van der Waals surface area contributed by atoms with Gasteiger partial charge in [0.05, 0.1) is 22.3 Å². The zero-order valence-corrected chi connectivity index (χ0v) is 11.5. The van der Waals surface area contributed by atoms with Gasteiger partial charge in [-0.2, -0.15) is 0 Å². The number of aromatic amines is 2. The highest BCUT2D eigenvalue weighted by molar-refractivity contribution is 7.11. The smallest absolute Gasteiger partial charge is 0.272 e. The molecule has 102 valence electrons. The van der Waals surface area contributed by atoms with E-state index in [1.54, 1.807) is 35.7 Å². The van der Waals surface area contributed by atoms with E-state index in [2.05, 4.69) is 20.5 Å². The molecule has 0 saturated heterocycles. The fourth-order valence-corrected chi connectivity index (χ4v) is 2.78. The number of hydrogen-bond donors (Lipinski definition) is 3. The Balaban J connectivity index is 2.01. The van der Waals surface area contributed by atoms with E-state index in [0.29, 0.717) is 23.0 Å². The van der Waals surface area contributed by atoms with Crippen LogP contribution in [0.25, 0.3) is 10.8 Å². The highest BCUT2D eigenvalue weighted by Crippen LogP contribution is 2.19. The molecule has 0 radical (unpaired) electrons. The van der Waals surface area contributed by atoms with E-state index in [-0.39, 0.29) is 11.1 Å². The van der Waals surface area contributed by atoms with Crippen LogP contribution in [-0.4, -0.2) is 15.2 Å². The van der Waals surface area contributed by atoms with Crippen LogP contribution in [0.1, 0.15) is 9.88 Å². The molecule has 3 N–H and O–H groups in total. The van der Waals surface area contributed by atoms with E-state index >= 15 is 0 Å². The Hall–Kier alpha value is -2.41. The molecule has 0 amide bonds. The number of rotatable bonds is 3. The van der Waals surface area contributed by atoms with E-state index in [9.17, 15) is 9.59 Å². The number of nitrogens with zero attached hydrogens (tertiary/aromatic N) is 1. The Morgan fingerprint density at radius 1 is 1.25 bits per heavy atom. The van der Waals surface area contributed by atoms with Crippen molar-refractivity contribution in [2.75, 3.05) is 5.32 Å². The van der Waals surface area contributed by atoms with Gasteiger partial charge in [0, 0.05) is 16.8 Å². The molecule has 0 fully saturated rings. The Morgan fingerprint density at radius 3 is 2.80 bits per heavy atom. The number of aromatic nitrogens is 3. The maximum Gasteiger partial charge on any atom is 0.272 e. The van der Waals surface area contributed by atoms with E-state index in [4.69, 9.17) is 0 Å². The minimum absolute atomic E-state index is 0.308. The largest absolute Gasteiger partial charge is 0.379 e. The summed E-state index contributed by atoms with van der Waals surface area (Å²) in [7, 11) is 0. The van der Waals surface area contributed by atoms with Gasteiger partial charge in [-0.25, -0.2) is 4.98 Å². The molecule has 2 heterocycles. The van der Waals surface area contributed by atoms with Crippen LogP contribution in [0.3, 0.4) is 0 Å². The summed E-state index contributed by atoms with van der Waals surface area (Å²) in [5.74, 6) is 0. The molecule has 0 atom stereocenters. The second kappa shape index (κ2) is 4.93. The Bertz CT molecular complexity index is 878. The molecule has 3 aromatic rings. The molecule has 0 spiro atoms. The fourth-order valence-electron chi connectivity index (χ4n) is 2.05. The predicted octanol–water partition coefficient (Wildman–Crippen LogP) is 1.59. The maximum atomic E-state index is 11.9. The second-order valence-corrected chi connectivity index (χ2v) is 5.65. The van der Waals surface area contributed by atoms with Crippen LogP contribution in [0.4, 0.5) is 5.69 Å². The second-order valence-electron chi connectivity index (χ2n) is 4.34. The van der Waals surface area contributed by atoms with Crippen LogP contribution in [-0.2, 0) is 6.54 Å². The Morgan fingerprint density at radius 2 is 2.05 bits per heavy atom. The quantitative estimate of drug-likeness (QED) is 0.682. The van der Waals surface area contributed by atoms with E-state index in [1.807, 2.05) is 6.92 Å². The summed E-state index contributed by atoms with van der Waals surface area (Å²) in [5.41, 5.74) is 0.0148. The lowest BCUT2D eigenvalue weighted by atomic mass is 10.1. The summed E-state index contributed by atoms with van der Waals surface area (Å²) in [6.07, 6.45) is 1.80. The van der Waals surface area contributed by atoms with E-state index in [0.717, 1.165) is 9.88 Å². The first-order valence-electron chi connectivity index (χ1n) is 6.04. The van der Waals surface area contributed by atoms with E-state index in [1.165, 1.54) is 0 Å². The van der Waals surface area contributed by atoms with Crippen molar-refractivity contribution >= 4 is 27.8 Å². The minimum atomic E-state index is -0.316. The zero-order chi connectivity index (χ0) is 14.1. The highest BCUT2D eigenvalue weighted by atomic mass is 32.1. The summed E-state index contributed by atoms with van der Waals surface area (Å²) < 4.78 is 0. The van der Waals surface area contributed by atoms with Crippen molar-refractivity contribution < 1.29 is 0 Å². The minimum Gasteiger partial charge on any atom is -0.379 e. The van der Waals surface area contributed by atoms with Gasteiger partial charge >= 0.3 is 0 Å². The predicted molar refractivity (Wildman–Crippen MR) is 79.4 cm³/mol. The maximum absolute atomic E-state index is 11.9. The van der Waals surface area contributed by atoms with Crippen molar-refractivity contribution in [2.24, 2.45) is 0 Å². The molecule has 3 rings (SSSR count). The number of benzene rings is 1. The number of aryl methyl sites for hydroxylation is 1. The number of anilines is 1. The lowest BCUT2D eigenvalue weighted by molar-refractivity contribution is 0.976. The van der Waals surface area contributed by atoms with Crippen molar-refractivity contribution in [3.05, 3.63) is 55.0 Å². The Kier molecular flexibility index (Phi) is 3.11. The number of fused-ring (bicyclic) bond motifs is 1. The average molecular weight is 288 g/mol. The molecular weight excluding hydrogens is 276 g/mol. The molecule has 7 heteroatoms. The molecule has 2 aromatic heterocycles. The monoisotopic (exact) mass is 288 g/mol. The summed E-state index contributed by atoms with van der Waals surface area (Å²) in [5, 5.41) is 9.58. The van der Waals surface area contributed by atoms with Gasteiger partial charge in [-0.3, -0.25) is 19.8 Å². The molecule has 6 nitrogen and oxygen atoms in total. The van der Waals surface area contributed by atoms with Gasteiger partial charge in [-0.1, -0.05) is 6.07 Å². The molecule has 0 aliphatic rings. The highest BCUT2D eigenvalue weighted by Gasteiger charge is 2.08. The summed E-state index contributed by atoms with van der Waals surface area (Å²) in [6, 6.07) is 5.16. The summed E-state index contributed by atoms with van der Waals surface area (Å²) >= 11 is 1.59. The van der Waals surface area contributed by atoms with Crippen LogP contribution in [0.5, 0.6) is 0 Å². The van der Waals surface area contributed by atoms with Crippen LogP contribution >= 0.6 is 11.3 Å². The Labute approximate surface area is 117 Å². The molecule has 0 unspecified atom stereocenters. The number of hydrogen-bond acceptors (Lipinski definition) is 5. The van der Waals surface area contributed by atoms with Gasteiger partial charge in [0.2, 0.25) is 0 Å². The molecule has 0 saturated carbocycles. The first kappa shape index (κ1) is 12.6. The molecule has 0 aliphatic carbocycles. The van der Waals surface area contributed by atoms with Crippen molar-refractivity contribution in [1.29, 1.82) is 0 Å². The van der Waals surface area contributed by atoms with Crippen LogP contribution in [0.15, 0.2) is 34.0 Å². The van der Waals surface area contributed by atoms with Crippen LogP contribution in [0.2, 0.25) is 0 Å². The van der Waals surface area contributed by atoms with Gasteiger partial charge in [-0.15, -0.1) is 11.3 Å². The SMILES string of the molecule is Cc1ncc(CNc2cccc3c(=O)[nH][nH]c(=O)c23)s1. The number of H-pyrrole nitrogens is 2. The van der Waals surface area contributed by atoms with Crippen molar-refractivity contribution in [3.63, 3.8) is 0 Å². The molecule has 0 bridgehead atoms. The van der Waals surface area contributed by atoms with Gasteiger partial charge in [0.15, 0.2) is 0 Å². The number of nitrogens with one attached hydrogen (secondary N) is 3. The third kappa shape index (κ3) is 2.23. The third-order valence-electron chi connectivity index (χ3n) is 2.95. The molecule has 0 aliphatic heterocycles. The van der Waals surface area contributed by atoms with Gasteiger partial charge in [0.1, 0.15) is 0 Å². The van der Waals surface area contributed by atoms with Crippen molar-refractivity contribution in [1.82, 2.24) is 15.2 Å². The van der Waals surface area contributed by atoms with E-state index < -0.39 is 0 Å². The molecule has 1 aromatic carbocycles. The fraction of sp³-hybridized carbons (Fsp3) is 0.154. The normalized spacial score (nSPS) is 10.8. The van der Waals surface area contributed by atoms with Gasteiger partial charge in [0.25, 0.3) is 11.1 Å². The van der Waals surface area contributed by atoms with Crippen LogP contribution in [0, 0.1) is 6.92 Å². The van der Waals surface area contributed by atoms with Crippen molar-refractivity contribution in [3.8, 4) is 0 Å². The summed E-state index contributed by atoms with van der Waals surface area (Å²) in [4.78, 5) is 28.8. The summed E-state index contributed by atoms with van der Waals surface area (Å²) in [6.45, 7) is 2.51. The number of thiazole rings is 1. The standard InChI is InChI=1S/C13H12N4O2S/c1-7-14-5-8(20-7)6-15-10-4-2-3-9-11(10)13(19)17-16-12(9)18/h2-5,15H,6H2,1H3,(H,16,18)(H,17,19). The molecule has 20 heavy (non-hydrogen) atoms. The lowest BCUT2D eigenvalue weighted by Crippen LogP contribution is -2.20. The molecular formula is C13H12N4O2S. The topological polar surface area (TPSA) is 90.6 Å². The van der Waals surface area contributed by atoms with Crippen LogP contribution < -0.4 is 16.4 Å². The average Bonchev–Trinajstić information content (AvgIpc) is 2.86. The first-order valence-corrected chi connectivity index (χ1v) is 6.85.